The minimum Gasteiger partial charge on any atom is -0.279 e. The van der Waals surface area contributed by atoms with Gasteiger partial charge in [-0.2, -0.15) is 4.39 Å². The van der Waals surface area contributed by atoms with E-state index in [1.165, 1.54) is 13.0 Å². The van der Waals surface area contributed by atoms with Gasteiger partial charge in [-0.1, -0.05) is 6.07 Å². The number of anilines is 1. The zero-order valence-corrected chi connectivity index (χ0v) is 12.9. The predicted molar refractivity (Wildman–Crippen MR) is 81.7 cm³/mol. The van der Waals surface area contributed by atoms with Gasteiger partial charge in [0.2, 0.25) is 5.82 Å². The number of nitro benzene ring substituents is 2. The van der Waals surface area contributed by atoms with Gasteiger partial charge < -0.3 is 0 Å². The lowest BCUT2D eigenvalue weighted by atomic mass is 10.2. The molecule has 0 amide bonds. The van der Waals surface area contributed by atoms with Crippen LogP contribution in [0.2, 0.25) is 0 Å². The normalized spacial score (nSPS) is 11.1. The maximum atomic E-state index is 13.3. The molecule has 9 nitrogen and oxygen atoms in total. The van der Waals surface area contributed by atoms with Gasteiger partial charge in [0.15, 0.2) is 0 Å². The van der Waals surface area contributed by atoms with Crippen LogP contribution in [0.15, 0.2) is 41.3 Å². The second-order valence-electron chi connectivity index (χ2n) is 4.74. The van der Waals surface area contributed by atoms with Gasteiger partial charge in [-0.25, -0.2) is 8.42 Å². The first kappa shape index (κ1) is 17.3. The molecule has 24 heavy (non-hydrogen) atoms. The van der Waals surface area contributed by atoms with Crippen LogP contribution in [0.5, 0.6) is 0 Å². The van der Waals surface area contributed by atoms with E-state index >= 15 is 0 Å². The van der Waals surface area contributed by atoms with Gasteiger partial charge in [-0.3, -0.25) is 25.0 Å². The highest BCUT2D eigenvalue weighted by molar-refractivity contribution is 7.92. The highest BCUT2D eigenvalue weighted by Crippen LogP contribution is 2.26. The van der Waals surface area contributed by atoms with E-state index in [1.54, 1.807) is 0 Å². The van der Waals surface area contributed by atoms with Gasteiger partial charge in [0.05, 0.1) is 20.4 Å². The van der Waals surface area contributed by atoms with Crippen molar-refractivity contribution in [1.82, 2.24) is 0 Å². The second-order valence-corrected chi connectivity index (χ2v) is 6.39. The number of nitrogens with one attached hydrogen (secondary N) is 1. The highest BCUT2D eigenvalue weighted by Gasteiger charge is 2.22. The minimum absolute atomic E-state index is 0.240. The summed E-state index contributed by atoms with van der Waals surface area (Å²) in [6, 6.07) is 5.76. The van der Waals surface area contributed by atoms with Crippen molar-refractivity contribution < 1.29 is 22.7 Å². The average Bonchev–Trinajstić information content (AvgIpc) is 2.48. The summed E-state index contributed by atoms with van der Waals surface area (Å²) in [5.74, 6) is -1.12. The molecule has 0 aliphatic heterocycles. The van der Waals surface area contributed by atoms with Gasteiger partial charge in [0.1, 0.15) is 0 Å². The SMILES string of the molecule is Cc1ccc([N+](=O)[O-])cc1S(=O)(=O)Nc1ccc(F)c([N+](=O)[O-])c1. The largest absolute Gasteiger partial charge is 0.306 e. The third-order valence-corrected chi connectivity index (χ3v) is 4.59. The Morgan fingerprint density at radius 3 is 2.29 bits per heavy atom. The molecule has 0 heterocycles. The standard InChI is InChI=1S/C13H10FN3O6S/c1-8-2-4-10(16(18)19)7-13(8)24(22,23)15-9-3-5-11(14)12(6-9)17(20)21/h2-7,15H,1H3. The maximum absolute atomic E-state index is 13.3. The molecule has 0 spiro atoms. The molecule has 0 atom stereocenters. The molecule has 2 aromatic rings. The number of sulfonamides is 1. The first-order valence-corrected chi connectivity index (χ1v) is 7.82. The molecule has 11 heteroatoms. The quantitative estimate of drug-likeness (QED) is 0.647. The van der Waals surface area contributed by atoms with Crippen molar-refractivity contribution in [3.05, 3.63) is 68.0 Å². The molecule has 0 radical (unpaired) electrons. The Kier molecular flexibility index (Phi) is 4.46. The number of hydrogen-bond donors (Lipinski definition) is 1. The van der Waals surface area contributed by atoms with Crippen molar-refractivity contribution in [2.24, 2.45) is 0 Å². The lowest BCUT2D eigenvalue weighted by Crippen LogP contribution is -2.15. The summed E-state index contributed by atoms with van der Waals surface area (Å²) >= 11 is 0. The molecule has 0 bridgehead atoms. The fraction of sp³-hybridized carbons (Fsp3) is 0.0769. The van der Waals surface area contributed by atoms with Gasteiger partial charge in [0.25, 0.3) is 15.7 Å². The van der Waals surface area contributed by atoms with Crippen molar-refractivity contribution in [2.45, 2.75) is 11.8 Å². The molecule has 0 saturated heterocycles. The third-order valence-electron chi connectivity index (χ3n) is 3.07. The highest BCUT2D eigenvalue weighted by atomic mass is 32.2. The summed E-state index contributed by atoms with van der Waals surface area (Å²) < 4.78 is 40.1. The number of nitrogens with zero attached hydrogens (tertiary/aromatic N) is 2. The Morgan fingerprint density at radius 2 is 1.71 bits per heavy atom. The van der Waals surface area contributed by atoms with E-state index in [2.05, 4.69) is 0 Å². The van der Waals surface area contributed by atoms with Gasteiger partial charge in [0, 0.05) is 18.2 Å². The number of halogens is 1. The average molecular weight is 355 g/mol. The molecule has 126 valence electrons. The number of benzene rings is 2. The van der Waals surface area contributed by atoms with E-state index in [0.717, 1.165) is 30.3 Å². The minimum atomic E-state index is -4.25. The van der Waals surface area contributed by atoms with E-state index in [9.17, 15) is 33.0 Å². The van der Waals surface area contributed by atoms with Crippen molar-refractivity contribution >= 4 is 27.1 Å². The number of hydrogen-bond acceptors (Lipinski definition) is 6. The fourth-order valence-electron chi connectivity index (χ4n) is 1.92. The summed E-state index contributed by atoms with van der Waals surface area (Å²) in [7, 11) is -4.25. The van der Waals surface area contributed by atoms with Crippen molar-refractivity contribution in [2.75, 3.05) is 4.72 Å². The Hall–Kier alpha value is -3.08. The van der Waals surface area contributed by atoms with E-state index < -0.39 is 37.1 Å². The maximum Gasteiger partial charge on any atom is 0.306 e. The zero-order chi connectivity index (χ0) is 18.1. The molecule has 0 fully saturated rings. The number of rotatable bonds is 5. The Bertz CT molecular complexity index is 945. The molecular formula is C13H10FN3O6S. The zero-order valence-electron chi connectivity index (χ0n) is 12.1. The van der Waals surface area contributed by atoms with Crippen molar-refractivity contribution in [3.8, 4) is 0 Å². The van der Waals surface area contributed by atoms with Crippen LogP contribution in [-0.2, 0) is 10.0 Å². The van der Waals surface area contributed by atoms with Crippen LogP contribution in [0.4, 0.5) is 21.5 Å². The Balaban J connectivity index is 2.46. The van der Waals surface area contributed by atoms with E-state index in [0.29, 0.717) is 0 Å². The van der Waals surface area contributed by atoms with Gasteiger partial charge in [-0.15, -0.1) is 0 Å². The Morgan fingerprint density at radius 1 is 1.04 bits per heavy atom. The first-order valence-electron chi connectivity index (χ1n) is 6.33. The summed E-state index contributed by atoms with van der Waals surface area (Å²) in [5, 5.41) is 21.5. The van der Waals surface area contributed by atoms with Gasteiger partial charge >= 0.3 is 5.69 Å². The molecule has 0 aliphatic rings. The lowest BCUT2D eigenvalue weighted by molar-refractivity contribution is -0.387. The van der Waals surface area contributed by atoms with Crippen LogP contribution >= 0.6 is 0 Å². The molecular weight excluding hydrogens is 345 g/mol. The fourth-order valence-corrected chi connectivity index (χ4v) is 3.23. The molecule has 2 rings (SSSR count). The Labute approximate surface area is 135 Å². The smallest absolute Gasteiger partial charge is 0.279 e. The van der Waals surface area contributed by atoms with E-state index in [1.807, 2.05) is 4.72 Å². The van der Waals surface area contributed by atoms with Crippen LogP contribution in [0, 0.1) is 33.0 Å². The van der Waals surface area contributed by atoms with Crippen LogP contribution in [0.1, 0.15) is 5.56 Å². The third kappa shape index (κ3) is 3.46. The summed E-state index contributed by atoms with van der Waals surface area (Å²) in [6.45, 7) is 1.44. The molecule has 0 aliphatic carbocycles. The van der Waals surface area contributed by atoms with Crippen molar-refractivity contribution in [1.29, 1.82) is 0 Å². The van der Waals surface area contributed by atoms with Crippen LogP contribution in [-0.4, -0.2) is 18.3 Å². The van der Waals surface area contributed by atoms with E-state index in [-0.39, 0.29) is 16.1 Å². The molecule has 2 aromatic carbocycles. The molecule has 0 aromatic heterocycles. The van der Waals surface area contributed by atoms with E-state index in [4.69, 9.17) is 0 Å². The molecule has 0 saturated carbocycles. The van der Waals surface area contributed by atoms with Gasteiger partial charge in [-0.05, 0) is 24.6 Å². The number of nitro groups is 2. The number of non-ortho nitro benzene ring substituents is 1. The topological polar surface area (TPSA) is 132 Å². The van der Waals surface area contributed by atoms with Crippen molar-refractivity contribution in [3.63, 3.8) is 0 Å². The lowest BCUT2D eigenvalue weighted by Gasteiger charge is -2.10. The summed E-state index contributed by atoms with van der Waals surface area (Å²) in [4.78, 5) is 19.4. The summed E-state index contributed by atoms with van der Waals surface area (Å²) in [6.07, 6.45) is 0. The monoisotopic (exact) mass is 355 g/mol. The number of aryl methyl sites for hydroxylation is 1. The van der Waals surface area contributed by atoms with Crippen LogP contribution in [0.3, 0.4) is 0 Å². The predicted octanol–water partition coefficient (Wildman–Crippen LogP) is 2.75. The molecule has 0 unspecified atom stereocenters. The molecule has 1 N–H and O–H groups in total. The van der Waals surface area contributed by atoms with Crippen LogP contribution < -0.4 is 4.72 Å². The first-order chi connectivity index (χ1) is 11.1. The summed E-state index contributed by atoms with van der Waals surface area (Å²) in [5.41, 5.74) is -1.32. The second kappa shape index (κ2) is 6.20. The van der Waals surface area contributed by atoms with Crippen LogP contribution in [0.25, 0.3) is 0 Å².